The Morgan fingerprint density at radius 3 is 2.68 bits per heavy atom. The van der Waals surface area contributed by atoms with E-state index in [1.165, 1.54) is 0 Å². The number of nitrogens with one attached hydrogen (secondary N) is 1. The summed E-state index contributed by atoms with van der Waals surface area (Å²) in [6, 6.07) is 7.68. The highest BCUT2D eigenvalue weighted by atomic mass is 16.5. The van der Waals surface area contributed by atoms with Gasteiger partial charge in [0, 0.05) is 38.4 Å². The molecule has 2 heterocycles. The fraction of sp³-hybridized carbons (Fsp3) is 0.429. The van der Waals surface area contributed by atoms with Crippen molar-refractivity contribution >= 4 is 5.91 Å². The van der Waals surface area contributed by atoms with Gasteiger partial charge in [0.2, 0.25) is 11.7 Å². The molecule has 28 heavy (non-hydrogen) atoms. The van der Waals surface area contributed by atoms with Crippen molar-refractivity contribution < 1.29 is 19.0 Å². The number of ether oxygens (including phenoxy) is 3. The molecule has 150 valence electrons. The second-order valence-corrected chi connectivity index (χ2v) is 6.59. The average Bonchev–Trinajstić information content (AvgIpc) is 2.77. The van der Waals surface area contributed by atoms with Crippen LogP contribution in [-0.4, -0.2) is 56.8 Å². The Kier molecular flexibility index (Phi) is 6.71. The highest BCUT2D eigenvalue weighted by Crippen LogP contribution is 2.40. The first-order valence-electron chi connectivity index (χ1n) is 9.37. The van der Waals surface area contributed by atoms with Gasteiger partial charge in [-0.05, 0) is 29.7 Å². The van der Waals surface area contributed by atoms with Crippen molar-refractivity contribution in [3.8, 4) is 17.2 Å². The molecule has 1 saturated heterocycles. The minimum absolute atomic E-state index is 0.00208. The maximum absolute atomic E-state index is 13.0. The number of benzene rings is 1. The number of methoxy groups -OCH3 is 3. The number of pyridine rings is 1. The third-order valence-corrected chi connectivity index (χ3v) is 5.03. The largest absolute Gasteiger partial charge is 0.493 e. The van der Waals surface area contributed by atoms with Gasteiger partial charge in [-0.25, -0.2) is 0 Å². The Hall–Kier alpha value is -2.80. The molecular formula is C21H27N3O4. The van der Waals surface area contributed by atoms with Crippen molar-refractivity contribution in [1.82, 2.24) is 15.2 Å². The van der Waals surface area contributed by atoms with Crippen LogP contribution in [0, 0.1) is 0 Å². The molecule has 1 aromatic heterocycles. The van der Waals surface area contributed by atoms with Gasteiger partial charge < -0.3 is 24.4 Å². The zero-order valence-corrected chi connectivity index (χ0v) is 16.6. The van der Waals surface area contributed by atoms with E-state index in [4.69, 9.17) is 14.2 Å². The highest BCUT2D eigenvalue weighted by Gasteiger charge is 2.28. The Morgan fingerprint density at radius 2 is 2.00 bits per heavy atom. The minimum Gasteiger partial charge on any atom is -0.493 e. The molecule has 0 radical (unpaired) electrons. The topological polar surface area (TPSA) is 72.9 Å². The molecule has 0 spiro atoms. The first kappa shape index (κ1) is 19.9. The number of carbonyl (C=O) groups excluding carboxylic acids is 1. The maximum Gasteiger partial charge on any atom is 0.223 e. The van der Waals surface area contributed by atoms with Gasteiger partial charge in [0.25, 0.3) is 0 Å². The van der Waals surface area contributed by atoms with E-state index in [1.807, 2.05) is 35.4 Å². The molecule has 7 heteroatoms. The van der Waals surface area contributed by atoms with Gasteiger partial charge >= 0.3 is 0 Å². The van der Waals surface area contributed by atoms with Crippen molar-refractivity contribution in [2.45, 2.75) is 18.9 Å². The van der Waals surface area contributed by atoms with Crippen LogP contribution in [-0.2, 0) is 11.2 Å². The molecule has 0 bridgehead atoms. The van der Waals surface area contributed by atoms with E-state index in [1.54, 1.807) is 27.5 Å². The zero-order chi connectivity index (χ0) is 19.9. The molecule has 1 aliphatic rings. The van der Waals surface area contributed by atoms with Crippen LogP contribution in [0.1, 0.15) is 23.6 Å². The molecule has 0 aliphatic carbocycles. The van der Waals surface area contributed by atoms with Crippen molar-refractivity contribution in [3.63, 3.8) is 0 Å². The monoisotopic (exact) mass is 385 g/mol. The predicted molar refractivity (Wildman–Crippen MR) is 106 cm³/mol. The number of aromatic nitrogens is 1. The molecule has 7 nitrogen and oxygen atoms in total. The fourth-order valence-corrected chi connectivity index (χ4v) is 3.62. The third-order valence-electron chi connectivity index (χ3n) is 5.03. The molecule has 3 rings (SSSR count). The van der Waals surface area contributed by atoms with Gasteiger partial charge in [-0.1, -0.05) is 12.1 Å². The standard InChI is InChI=1S/C21H27N3O4/c1-26-18-8-6-15(20(27-2)21(18)28-3)7-9-19(25)24-12-11-23-14-17(24)16-5-4-10-22-13-16/h4-6,8,10,13,17,23H,7,9,11-12,14H2,1-3H3. The van der Waals surface area contributed by atoms with Gasteiger partial charge in [0.15, 0.2) is 11.5 Å². The second kappa shape index (κ2) is 9.41. The normalized spacial score (nSPS) is 16.5. The van der Waals surface area contributed by atoms with Crippen LogP contribution < -0.4 is 19.5 Å². The predicted octanol–water partition coefficient (Wildman–Crippen LogP) is 2.21. The third kappa shape index (κ3) is 4.20. The lowest BCUT2D eigenvalue weighted by Gasteiger charge is -2.36. The van der Waals surface area contributed by atoms with Crippen molar-refractivity contribution in [2.75, 3.05) is 41.0 Å². The van der Waals surface area contributed by atoms with E-state index in [0.29, 0.717) is 36.6 Å². The lowest BCUT2D eigenvalue weighted by molar-refractivity contribution is -0.134. The molecule has 1 atom stereocenters. The number of aryl methyl sites for hydroxylation is 1. The van der Waals surface area contributed by atoms with E-state index in [2.05, 4.69) is 10.3 Å². The lowest BCUT2D eigenvalue weighted by atomic mass is 10.0. The highest BCUT2D eigenvalue weighted by molar-refractivity contribution is 5.77. The maximum atomic E-state index is 13.0. The van der Waals surface area contributed by atoms with Crippen LogP contribution in [0.15, 0.2) is 36.7 Å². The van der Waals surface area contributed by atoms with E-state index < -0.39 is 0 Å². The summed E-state index contributed by atoms with van der Waals surface area (Å²) in [5, 5.41) is 3.37. The summed E-state index contributed by atoms with van der Waals surface area (Å²) in [6.45, 7) is 2.21. The number of carbonyl (C=O) groups is 1. The summed E-state index contributed by atoms with van der Waals surface area (Å²) in [7, 11) is 4.76. The first-order valence-corrected chi connectivity index (χ1v) is 9.37. The number of rotatable bonds is 7. The van der Waals surface area contributed by atoms with Gasteiger partial charge in [0.1, 0.15) is 0 Å². The summed E-state index contributed by atoms with van der Waals surface area (Å²) in [6.07, 6.45) is 4.53. The van der Waals surface area contributed by atoms with Crippen LogP contribution in [0.3, 0.4) is 0 Å². The number of hydrogen-bond donors (Lipinski definition) is 1. The smallest absolute Gasteiger partial charge is 0.223 e. The van der Waals surface area contributed by atoms with Crippen LogP contribution in [0.4, 0.5) is 0 Å². The van der Waals surface area contributed by atoms with Crippen LogP contribution in [0.25, 0.3) is 0 Å². The Balaban J connectivity index is 1.74. The minimum atomic E-state index is 0.00208. The van der Waals surface area contributed by atoms with E-state index >= 15 is 0 Å². The molecule has 1 aromatic carbocycles. The van der Waals surface area contributed by atoms with Gasteiger partial charge in [0.05, 0.1) is 27.4 Å². The average molecular weight is 385 g/mol. The Morgan fingerprint density at radius 1 is 1.18 bits per heavy atom. The summed E-state index contributed by atoms with van der Waals surface area (Å²) in [5.74, 6) is 1.88. The molecule has 0 saturated carbocycles. The molecule has 1 unspecified atom stereocenters. The molecule has 2 aromatic rings. The summed E-state index contributed by atoms with van der Waals surface area (Å²) >= 11 is 0. The molecular weight excluding hydrogens is 358 g/mol. The van der Waals surface area contributed by atoms with E-state index in [-0.39, 0.29) is 11.9 Å². The number of piperazine rings is 1. The van der Waals surface area contributed by atoms with E-state index in [9.17, 15) is 4.79 Å². The summed E-state index contributed by atoms with van der Waals surface area (Å²) in [4.78, 5) is 19.2. The molecule has 1 fully saturated rings. The molecule has 1 aliphatic heterocycles. The zero-order valence-electron chi connectivity index (χ0n) is 16.6. The van der Waals surface area contributed by atoms with Crippen LogP contribution >= 0.6 is 0 Å². The van der Waals surface area contributed by atoms with E-state index in [0.717, 1.165) is 24.2 Å². The fourth-order valence-electron chi connectivity index (χ4n) is 3.62. The summed E-state index contributed by atoms with van der Waals surface area (Å²) in [5.41, 5.74) is 1.97. The van der Waals surface area contributed by atoms with Crippen molar-refractivity contribution in [2.24, 2.45) is 0 Å². The Labute approximate surface area is 165 Å². The van der Waals surface area contributed by atoms with Gasteiger partial charge in [-0.15, -0.1) is 0 Å². The SMILES string of the molecule is COc1ccc(CCC(=O)N2CCNCC2c2cccnc2)c(OC)c1OC. The molecule has 1 N–H and O–H groups in total. The second-order valence-electron chi connectivity index (χ2n) is 6.59. The van der Waals surface area contributed by atoms with Crippen LogP contribution in [0.5, 0.6) is 17.2 Å². The summed E-state index contributed by atoms with van der Waals surface area (Å²) < 4.78 is 16.3. The number of hydrogen-bond acceptors (Lipinski definition) is 6. The lowest BCUT2D eigenvalue weighted by Crippen LogP contribution is -2.48. The first-order chi connectivity index (χ1) is 13.7. The Bertz CT molecular complexity index is 798. The van der Waals surface area contributed by atoms with Crippen molar-refractivity contribution in [1.29, 1.82) is 0 Å². The van der Waals surface area contributed by atoms with Gasteiger partial charge in [-0.2, -0.15) is 0 Å². The van der Waals surface area contributed by atoms with Gasteiger partial charge in [-0.3, -0.25) is 9.78 Å². The number of nitrogens with zero attached hydrogens (tertiary/aromatic N) is 2. The number of amides is 1. The van der Waals surface area contributed by atoms with Crippen LogP contribution in [0.2, 0.25) is 0 Å². The quantitative estimate of drug-likeness (QED) is 0.788. The molecule has 1 amide bonds. The van der Waals surface area contributed by atoms with Crippen molar-refractivity contribution in [3.05, 3.63) is 47.8 Å².